The first-order chi connectivity index (χ1) is 5.79. The zero-order valence-corrected chi connectivity index (χ0v) is 6.60. The van der Waals surface area contributed by atoms with E-state index in [1.165, 1.54) is 5.56 Å². The van der Waals surface area contributed by atoms with Gasteiger partial charge in [-0.2, -0.15) is 0 Å². The molecule has 62 valence electrons. The second-order valence-corrected chi connectivity index (χ2v) is 3.13. The molecule has 12 heavy (non-hydrogen) atoms. The molecule has 1 aliphatic rings. The number of aromatic nitrogens is 1. The monoisotopic (exact) mass is 162 g/mol. The van der Waals surface area contributed by atoms with Crippen LogP contribution >= 0.6 is 0 Å². The Morgan fingerprint density at radius 3 is 2.67 bits per heavy atom. The van der Waals surface area contributed by atoms with Gasteiger partial charge in [-0.15, -0.1) is 0 Å². The van der Waals surface area contributed by atoms with Crippen molar-refractivity contribution in [1.82, 2.24) is 4.98 Å². The topological polar surface area (TPSA) is 56.0 Å². The Morgan fingerprint density at radius 1 is 1.50 bits per heavy atom. The van der Waals surface area contributed by atoms with Gasteiger partial charge in [0.25, 0.3) is 0 Å². The van der Waals surface area contributed by atoms with E-state index in [1.807, 2.05) is 12.1 Å². The fourth-order valence-corrected chi connectivity index (χ4v) is 1.49. The lowest BCUT2D eigenvalue weighted by atomic mass is 10.1. The number of carbonyl (C=O) groups excluding carboxylic acids is 1. The molecule has 0 unspecified atom stereocenters. The van der Waals surface area contributed by atoms with Gasteiger partial charge in [-0.3, -0.25) is 9.78 Å². The lowest BCUT2D eigenvalue weighted by Gasteiger charge is -1.95. The molecule has 0 aromatic carbocycles. The van der Waals surface area contributed by atoms with Gasteiger partial charge in [0.1, 0.15) is 0 Å². The van der Waals surface area contributed by atoms with Crippen molar-refractivity contribution in [3.05, 3.63) is 30.1 Å². The van der Waals surface area contributed by atoms with E-state index < -0.39 is 0 Å². The third-order valence-corrected chi connectivity index (χ3v) is 2.29. The van der Waals surface area contributed by atoms with Gasteiger partial charge in [-0.25, -0.2) is 0 Å². The van der Waals surface area contributed by atoms with Crippen LogP contribution < -0.4 is 5.73 Å². The van der Waals surface area contributed by atoms with Gasteiger partial charge in [0, 0.05) is 18.3 Å². The standard InChI is InChI=1S/C9H10N2O/c10-9(12)8-5-7(8)6-1-3-11-4-2-6/h1-4,7-8H,5H2,(H2,10,12)/t7-,8+/m1/s1. The molecule has 0 saturated heterocycles. The lowest BCUT2D eigenvalue weighted by Crippen LogP contribution is -2.13. The van der Waals surface area contributed by atoms with Crippen LogP contribution in [0.15, 0.2) is 24.5 Å². The van der Waals surface area contributed by atoms with Crippen molar-refractivity contribution in [2.24, 2.45) is 11.7 Å². The van der Waals surface area contributed by atoms with Crippen LogP contribution in [0.4, 0.5) is 0 Å². The summed E-state index contributed by atoms with van der Waals surface area (Å²) in [5.41, 5.74) is 6.35. The summed E-state index contributed by atoms with van der Waals surface area (Å²) < 4.78 is 0. The van der Waals surface area contributed by atoms with E-state index in [2.05, 4.69) is 4.98 Å². The molecule has 1 aromatic heterocycles. The van der Waals surface area contributed by atoms with Gasteiger partial charge in [0.2, 0.25) is 5.91 Å². The Balaban J connectivity index is 2.11. The number of primary amides is 1. The van der Waals surface area contributed by atoms with Gasteiger partial charge in [-0.05, 0) is 30.0 Å². The minimum atomic E-state index is -0.184. The van der Waals surface area contributed by atoms with Crippen LogP contribution in [-0.2, 0) is 4.79 Å². The summed E-state index contributed by atoms with van der Waals surface area (Å²) in [5, 5.41) is 0. The number of pyridine rings is 1. The minimum absolute atomic E-state index is 0.0624. The number of nitrogens with two attached hydrogens (primary N) is 1. The highest BCUT2D eigenvalue weighted by atomic mass is 16.1. The maximum Gasteiger partial charge on any atom is 0.221 e. The third kappa shape index (κ3) is 1.18. The highest BCUT2D eigenvalue weighted by molar-refractivity contribution is 5.81. The van der Waals surface area contributed by atoms with E-state index >= 15 is 0 Å². The Bertz CT molecular complexity index is 297. The Morgan fingerprint density at radius 2 is 2.17 bits per heavy atom. The SMILES string of the molecule is NC(=O)[C@H]1C[C@@H]1c1ccncc1. The molecule has 1 saturated carbocycles. The van der Waals surface area contributed by atoms with Crippen LogP contribution in [0.5, 0.6) is 0 Å². The highest BCUT2D eigenvalue weighted by Gasteiger charge is 2.42. The maximum atomic E-state index is 10.8. The van der Waals surface area contributed by atoms with Gasteiger partial charge >= 0.3 is 0 Å². The molecule has 1 heterocycles. The first-order valence-corrected chi connectivity index (χ1v) is 3.98. The number of rotatable bonds is 2. The Kier molecular flexibility index (Phi) is 1.57. The van der Waals surface area contributed by atoms with Crippen LogP contribution in [0.2, 0.25) is 0 Å². The van der Waals surface area contributed by atoms with Crippen molar-refractivity contribution >= 4 is 5.91 Å². The summed E-state index contributed by atoms with van der Waals surface area (Å²) in [6.07, 6.45) is 4.39. The van der Waals surface area contributed by atoms with Crippen molar-refractivity contribution in [1.29, 1.82) is 0 Å². The molecule has 1 aromatic rings. The molecule has 1 amide bonds. The van der Waals surface area contributed by atoms with Crippen LogP contribution in [0.25, 0.3) is 0 Å². The number of carbonyl (C=O) groups is 1. The Labute approximate surface area is 70.6 Å². The van der Waals surface area contributed by atoms with Gasteiger partial charge < -0.3 is 5.73 Å². The molecule has 1 aliphatic carbocycles. The molecule has 0 radical (unpaired) electrons. The van der Waals surface area contributed by atoms with Crippen LogP contribution in [0.1, 0.15) is 17.9 Å². The van der Waals surface area contributed by atoms with Crippen molar-refractivity contribution in [3.8, 4) is 0 Å². The molecule has 3 heteroatoms. The second kappa shape index (κ2) is 2.59. The third-order valence-electron chi connectivity index (χ3n) is 2.29. The fraction of sp³-hybridized carbons (Fsp3) is 0.333. The minimum Gasteiger partial charge on any atom is -0.369 e. The fourth-order valence-electron chi connectivity index (χ4n) is 1.49. The molecule has 2 atom stereocenters. The number of nitrogens with zero attached hydrogens (tertiary/aromatic N) is 1. The smallest absolute Gasteiger partial charge is 0.221 e. The maximum absolute atomic E-state index is 10.8. The summed E-state index contributed by atoms with van der Waals surface area (Å²) in [6, 6.07) is 3.88. The number of hydrogen-bond acceptors (Lipinski definition) is 2. The molecule has 3 nitrogen and oxygen atoms in total. The first kappa shape index (κ1) is 7.28. The highest BCUT2D eigenvalue weighted by Crippen LogP contribution is 2.46. The van der Waals surface area contributed by atoms with Crippen LogP contribution in [0.3, 0.4) is 0 Å². The summed E-state index contributed by atoms with van der Waals surface area (Å²) in [7, 11) is 0. The lowest BCUT2D eigenvalue weighted by molar-refractivity contribution is -0.119. The van der Waals surface area contributed by atoms with Crippen LogP contribution in [0, 0.1) is 5.92 Å². The summed E-state index contributed by atoms with van der Waals surface area (Å²) >= 11 is 0. The zero-order chi connectivity index (χ0) is 8.55. The van der Waals surface area contributed by atoms with E-state index in [0.717, 1.165) is 6.42 Å². The molecule has 2 N–H and O–H groups in total. The van der Waals surface area contributed by atoms with Crippen LogP contribution in [-0.4, -0.2) is 10.9 Å². The predicted octanol–water partition coefficient (Wildman–Crippen LogP) is 0.670. The van der Waals surface area contributed by atoms with E-state index in [9.17, 15) is 4.79 Å². The van der Waals surface area contributed by atoms with E-state index in [-0.39, 0.29) is 11.8 Å². The Hall–Kier alpha value is -1.38. The largest absolute Gasteiger partial charge is 0.369 e. The average molecular weight is 162 g/mol. The van der Waals surface area contributed by atoms with Gasteiger partial charge in [-0.1, -0.05) is 0 Å². The van der Waals surface area contributed by atoms with Crippen molar-refractivity contribution in [2.75, 3.05) is 0 Å². The van der Waals surface area contributed by atoms with Crippen molar-refractivity contribution < 1.29 is 4.79 Å². The number of hydrogen-bond donors (Lipinski definition) is 1. The first-order valence-electron chi connectivity index (χ1n) is 3.98. The molecular formula is C9H10N2O. The molecule has 0 aliphatic heterocycles. The molecule has 1 fully saturated rings. The summed E-state index contributed by atoms with van der Waals surface area (Å²) in [5.74, 6) is 0.231. The average Bonchev–Trinajstić information content (AvgIpc) is 2.84. The quantitative estimate of drug-likeness (QED) is 0.694. The van der Waals surface area contributed by atoms with E-state index in [4.69, 9.17) is 5.73 Å². The zero-order valence-electron chi connectivity index (χ0n) is 6.60. The van der Waals surface area contributed by atoms with Crippen molar-refractivity contribution in [2.45, 2.75) is 12.3 Å². The molecule has 0 bridgehead atoms. The number of amides is 1. The van der Waals surface area contributed by atoms with Crippen molar-refractivity contribution in [3.63, 3.8) is 0 Å². The van der Waals surface area contributed by atoms with Gasteiger partial charge in [0.05, 0.1) is 0 Å². The molecular weight excluding hydrogens is 152 g/mol. The van der Waals surface area contributed by atoms with E-state index in [1.54, 1.807) is 12.4 Å². The summed E-state index contributed by atoms with van der Waals surface area (Å²) in [4.78, 5) is 14.7. The summed E-state index contributed by atoms with van der Waals surface area (Å²) in [6.45, 7) is 0. The predicted molar refractivity (Wildman–Crippen MR) is 44.3 cm³/mol. The van der Waals surface area contributed by atoms with Gasteiger partial charge in [0.15, 0.2) is 0 Å². The van der Waals surface area contributed by atoms with E-state index in [0.29, 0.717) is 5.92 Å². The second-order valence-electron chi connectivity index (χ2n) is 3.13. The molecule has 0 spiro atoms. The molecule has 2 rings (SSSR count). The normalized spacial score (nSPS) is 26.7.